The molecule has 28 heavy (non-hydrogen) atoms. The van der Waals surface area contributed by atoms with E-state index >= 15 is 0 Å². The molecule has 0 saturated carbocycles. The van der Waals surface area contributed by atoms with E-state index in [0.29, 0.717) is 6.61 Å². The van der Waals surface area contributed by atoms with Gasteiger partial charge in [0.15, 0.2) is 0 Å². The first-order valence-electron chi connectivity index (χ1n) is 10.0. The standard InChI is InChI=1S/C23H27NO3S/c1-16(14-25)24(17-10-12-28-13-11-17)23(26)27-15-22-20-8-4-2-6-18(20)19-7-3-5-9-21(19)22/h2-9,16-17,22,25H,10-15H2,1H3. The summed E-state index contributed by atoms with van der Waals surface area (Å²) in [5, 5.41) is 9.67. The van der Waals surface area contributed by atoms with Gasteiger partial charge in [-0.15, -0.1) is 0 Å². The minimum absolute atomic E-state index is 0.0478. The van der Waals surface area contributed by atoms with E-state index < -0.39 is 0 Å². The maximum absolute atomic E-state index is 13.0. The quantitative estimate of drug-likeness (QED) is 0.806. The van der Waals surface area contributed by atoms with Crippen molar-refractivity contribution < 1.29 is 14.6 Å². The Bertz CT molecular complexity index is 789. The number of carbonyl (C=O) groups is 1. The number of aliphatic hydroxyl groups excluding tert-OH is 1. The summed E-state index contributed by atoms with van der Waals surface area (Å²) in [6.07, 6.45) is 1.61. The summed E-state index contributed by atoms with van der Waals surface area (Å²) in [4.78, 5) is 14.8. The average Bonchev–Trinajstić information content (AvgIpc) is 3.07. The molecule has 4 nitrogen and oxygen atoms in total. The van der Waals surface area contributed by atoms with Crippen molar-refractivity contribution >= 4 is 17.9 Å². The normalized spacial score (nSPS) is 17.6. The first-order chi connectivity index (χ1) is 13.7. The lowest BCUT2D eigenvalue weighted by Crippen LogP contribution is -2.49. The van der Waals surface area contributed by atoms with E-state index in [1.54, 1.807) is 4.90 Å². The number of hydrogen-bond donors (Lipinski definition) is 1. The Morgan fingerprint density at radius 1 is 1.11 bits per heavy atom. The zero-order valence-electron chi connectivity index (χ0n) is 16.2. The van der Waals surface area contributed by atoms with Gasteiger partial charge in [0.2, 0.25) is 0 Å². The SMILES string of the molecule is CC(CO)N(C(=O)OCC1c2ccccc2-c2ccccc21)C1CCSCC1. The summed E-state index contributed by atoms with van der Waals surface area (Å²) < 4.78 is 5.85. The first kappa shape index (κ1) is 19.3. The molecule has 1 aliphatic carbocycles. The number of fused-ring (bicyclic) bond motifs is 3. The molecule has 2 aromatic carbocycles. The Morgan fingerprint density at radius 2 is 1.68 bits per heavy atom. The molecule has 2 aromatic rings. The van der Waals surface area contributed by atoms with Crippen molar-refractivity contribution in [3.63, 3.8) is 0 Å². The smallest absolute Gasteiger partial charge is 0.410 e. The summed E-state index contributed by atoms with van der Waals surface area (Å²) >= 11 is 1.92. The van der Waals surface area contributed by atoms with Gasteiger partial charge in [0, 0.05) is 12.0 Å². The van der Waals surface area contributed by atoms with Gasteiger partial charge in [-0.25, -0.2) is 4.79 Å². The highest BCUT2D eigenvalue weighted by molar-refractivity contribution is 7.99. The number of thioether (sulfide) groups is 1. The Labute approximate surface area is 170 Å². The number of amides is 1. The van der Waals surface area contributed by atoms with Crippen molar-refractivity contribution in [1.82, 2.24) is 4.90 Å². The lowest BCUT2D eigenvalue weighted by atomic mass is 9.98. The zero-order valence-corrected chi connectivity index (χ0v) is 17.0. The summed E-state index contributed by atoms with van der Waals surface area (Å²) in [5.74, 6) is 2.16. The molecule has 1 amide bonds. The maximum atomic E-state index is 13.0. The minimum Gasteiger partial charge on any atom is -0.448 e. The maximum Gasteiger partial charge on any atom is 0.410 e. The van der Waals surface area contributed by atoms with Crippen LogP contribution in [0.1, 0.15) is 36.8 Å². The van der Waals surface area contributed by atoms with Gasteiger partial charge in [0.25, 0.3) is 0 Å². The summed E-state index contributed by atoms with van der Waals surface area (Å²) in [6.45, 7) is 2.17. The van der Waals surface area contributed by atoms with Gasteiger partial charge in [-0.3, -0.25) is 0 Å². The van der Waals surface area contributed by atoms with Gasteiger partial charge in [0.1, 0.15) is 6.61 Å². The highest BCUT2D eigenvalue weighted by atomic mass is 32.2. The highest BCUT2D eigenvalue weighted by Gasteiger charge is 2.33. The third-order valence-electron chi connectivity index (χ3n) is 5.87. The third-order valence-corrected chi connectivity index (χ3v) is 6.92. The summed E-state index contributed by atoms with van der Waals surface area (Å²) in [5.41, 5.74) is 4.88. The number of hydrogen-bond acceptors (Lipinski definition) is 4. The number of nitrogens with zero attached hydrogens (tertiary/aromatic N) is 1. The lowest BCUT2D eigenvalue weighted by molar-refractivity contribution is 0.0490. The fourth-order valence-electron chi connectivity index (χ4n) is 4.41. The van der Waals surface area contributed by atoms with Gasteiger partial charge in [-0.1, -0.05) is 48.5 Å². The first-order valence-corrected chi connectivity index (χ1v) is 11.2. The van der Waals surface area contributed by atoms with E-state index in [0.717, 1.165) is 24.3 Å². The molecule has 0 spiro atoms. The van der Waals surface area contributed by atoms with Crippen molar-refractivity contribution in [2.75, 3.05) is 24.7 Å². The topological polar surface area (TPSA) is 49.8 Å². The van der Waals surface area contributed by atoms with Crippen LogP contribution in [-0.4, -0.2) is 52.9 Å². The van der Waals surface area contributed by atoms with Crippen molar-refractivity contribution in [1.29, 1.82) is 0 Å². The lowest BCUT2D eigenvalue weighted by Gasteiger charge is -2.37. The molecule has 0 radical (unpaired) electrons. The molecular formula is C23H27NO3S. The molecule has 1 saturated heterocycles. The van der Waals surface area contributed by atoms with Crippen LogP contribution in [0.3, 0.4) is 0 Å². The second kappa shape index (κ2) is 8.58. The van der Waals surface area contributed by atoms with Crippen LogP contribution in [0.15, 0.2) is 48.5 Å². The highest BCUT2D eigenvalue weighted by Crippen LogP contribution is 2.44. The van der Waals surface area contributed by atoms with Crippen molar-refractivity contribution in [2.24, 2.45) is 0 Å². The molecular weight excluding hydrogens is 370 g/mol. The van der Waals surface area contributed by atoms with Gasteiger partial charge in [-0.05, 0) is 53.5 Å². The van der Waals surface area contributed by atoms with Crippen LogP contribution >= 0.6 is 11.8 Å². The fraction of sp³-hybridized carbons (Fsp3) is 0.435. The van der Waals surface area contributed by atoms with Gasteiger partial charge < -0.3 is 14.7 Å². The van der Waals surface area contributed by atoms with Crippen LogP contribution in [0.4, 0.5) is 4.79 Å². The zero-order chi connectivity index (χ0) is 19.5. The van der Waals surface area contributed by atoms with E-state index in [2.05, 4.69) is 36.4 Å². The van der Waals surface area contributed by atoms with E-state index in [1.807, 2.05) is 30.8 Å². The van der Waals surface area contributed by atoms with E-state index in [-0.39, 0.29) is 30.7 Å². The van der Waals surface area contributed by atoms with Gasteiger partial charge in [0.05, 0.1) is 12.6 Å². The van der Waals surface area contributed by atoms with E-state index in [1.165, 1.54) is 22.3 Å². The number of rotatable bonds is 5. The molecule has 0 aromatic heterocycles. The van der Waals surface area contributed by atoms with Crippen LogP contribution in [-0.2, 0) is 4.74 Å². The van der Waals surface area contributed by atoms with Crippen molar-refractivity contribution in [3.8, 4) is 11.1 Å². The van der Waals surface area contributed by atoms with Crippen molar-refractivity contribution in [3.05, 3.63) is 59.7 Å². The monoisotopic (exact) mass is 397 g/mol. The molecule has 0 bridgehead atoms. The average molecular weight is 398 g/mol. The molecule has 1 fully saturated rings. The Kier molecular flexibility index (Phi) is 5.93. The predicted molar refractivity (Wildman–Crippen MR) is 114 cm³/mol. The third kappa shape index (κ3) is 3.65. The Balaban J connectivity index is 1.52. The molecule has 1 atom stereocenters. The molecule has 4 rings (SSSR count). The molecule has 1 unspecified atom stereocenters. The summed E-state index contributed by atoms with van der Waals surface area (Å²) in [6, 6.07) is 16.6. The number of aliphatic hydroxyl groups is 1. The predicted octanol–water partition coefficient (Wildman–Crippen LogP) is 4.51. The Hall–Kier alpha value is -1.98. The second-order valence-electron chi connectivity index (χ2n) is 7.59. The second-order valence-corrected chi connectivity index (χ2v) is 8.81. The van der Waals surface area contributed by atoms with E-state index in [9.17, 15) is 9.90 Å². The minimum atomic E-state index is -0.305. The molecule has 2 aliphatic rings. The fourth-order valence-corrected chi connectivity index (χ4v) is 5.49. The van der Waals surface area contributed by atoms with Crippen molar-refractivity contribution in [2.45, 2.75) is 37.8 Å². The van der Waals surface area contributed by atoms with Gasteiger partial charge >= 0.3 is 6.09 Å². The molecule has 148 valence electrons. The molecule has 1 heterocycles. The molecule has 5 heteroatoms. The molecule has 1 aliphatic heterocycles. The number of benzene rings is 2. The number of ether oxygens (including phenoxy) is 1. The number of carbonyl (C=O) groups excluding carboxylic acids is 1. The van der Waals surface area contributed by atoms with Crippen LogP contribution < -0.4 is 0 Å². The van der Waals surface area contributed by atoms with Crippen LogP contribution in [0.25, 0.3) is 11.1 Å². The largest absolute Gasteiger partial charge is 0.448 e. The Morgan fingerprint density at radius 3 is 2.25 bits per heavy atom. The van der Waals surface area contributed by atoms with Crippen LogP contribution in [0.5, 0.6) is 0 Å². The molecule has 1 N–H and O–H groups in total. The van der Waals surface area contributed by atoms with Crippen LogP contribution in [0.2, 0.25) is 0 Å². The van der Waals surface area contributed by atoms with E-state index in [4.69, 9.17) is 4.74 Å². The van der Waals surface area contributed by atoms with Crippen LogP contribution in [0, 0.1) is 0 Å². The summed E-state index contributed by atoms with van der Waals surface area (Å²) in [7, 11) is 0. The van der Waals surface area contributed by atoms with Gasteiger partial charge in [-0.2, -0.15) is 11.8 Å².